The van der Waals surface area contributed by atoms with Crippen LogP contribution >= 0.6 is 12.4 Å². The summed E-state index contributed by atoms with van der Waals surface area (Å²) in [4.78, 5) is 12.9. The number of carbonyl (C=O) groups excluding carboxylic acids is 1. The monoisotopic (exact) mass is 338 g/mol. The van der Waals surface area contributed by atoms with E-state index in [1.807, 2.05) is 12.1 Å². The van der Waals surface area contributed by atoms with Crippen LogP contribution in [0.15, 0.2) is 24.3 Å². The van der Waals surface area contributed by atoms with E-state index < -0.39 is 0 Å². The Morgan fingerprint density at radius 3 is 2.87 bits per heavy atom. The number of ether oxygens (including phenoxy) is 1. The van der Waals surface area contributed by atoms with Gasteiger partial charge in [-0.25, -0.2) is 0 Å². The third kappa shape index (κ3) is 3.48. The Morgan fingerprint density at radius 1 is 1.43 bits per heavy atom. The molecule has 0 aliphatic heterocycles. The van der Waals surface area contributed by atoms with Gasteiger partial charge < -0.3 is 15.8 Å². The number of benzene rings is 1. The number of halogens is 1. The minimum Gasteiger partial charge on any atom is -0.497 e. The highest BCUT2D eigenvalue weighted by Gasteiger charge is 2.55. The molecule has 0 spiro atoms. The van der Waals surface area contributed by atoms with E-state index in [1.54, 1.807) is 7.11 Å². The van der Waals surface area contributed by atoms with E-state index in [-0.39, 0.29) is 23.7 Å². The molecule has 4 nitrogen and oxygen atoms in total. The molecule has 5 heteroatoms. The number of amides is 1. The van der Waals surface area contributed by atoms with Gasteiger partial charge in [0.05, 0.1) is 12.5 Å². The van der Waals surface area contributed by atoms with Gasteiger partial charge in [-0.05, 0) is 55.2 Å². The lowest BCUT2D eigenvalue weighted by Crippen LogP contribution is -2.47. The number of hydrogen-bond donors (Lipinski definition) is 2. The van der Waals surface area contributed by atoms with Gasteiger partial charge in [-0.1, -0.05) is 18.6 Å². The largest absolute Gasteiger partial charge is 0.497 e. The molecule has 1 aromatic rings. The van der Waals surface area contributed by atoms with Gasteiger partial charge in [0.15, 0.2) is 0 Å². The van der Waals surface area contributed by atoms with Gasteiger partial charge >= 0.3 is 0 Å². The fraction of sp³-hybridized carbons (Fsp3) is 0.611. The van der Waals surface area contributed by atoms with Crippen molar-refractivity contribution in [3.63, 3.8) is 0 Å². The normalized spacial score (nSPS) is 28.3. The Balaban J connectivity index is 0.00000192. The van der Waals surface area contributed by atoms with Crippen LogP contribution in [-0.4, -0.2) is 26.1 Å². The Bertz CT molecular complexity index is 552. The van der Waals surface area contributed by atoms with Crippen LogP contribution in [0, 0.1) is 17.3 Å². The first kappa shape index (κ1) is 18.1. The summed E-state index contributed by atoms with van der Waals surface area (Å²) in [6.07, 6.45) is 5.51. The predicted octanol–water partition coefficient (Wildman–Crippen LogP) is 2.54. The van der Waals surface area contributed by atoms with E-state index in [9.17, 15) is 4.79 Å². The molecule has 3 rings (SSSR count). The second-order valence-corrected chi connectivity index (χ2v) is 6.81. The summed E-state index contributed by atoms with van der Waals surface area (Å²) >= 11 is 0. The van der Waals surface area contributed by atoms with Crippen LogP contribution < -0.4 is 15.8 Å². The van der Waals surface area contributed by atoms with Crippen LogP contribution in [0.1, 0.15) is 31.2 Å². The second-order valence-electron chi connectivity index (χ2n) is 6.81. The molecule has 2 saturated carbocycles. The lowest BCUT2D eigenvalue weighted by molar-refractivity contribution is -0.134. The van der Waals surface area contributed by atoms with E-state index in [0.29, 0.717) is 19.0 Å². The molecule has 128 valence electrons. The van der Waals surface area contributed by atoms with Crippen molar-refractivity contribution in [2.75, 3.05) is 20.2 Å². The smallest absolute Gasteiger partial charge is 0.226 e. The zero-order valence-electron chi connectivity index (χ0n) is 13.7. The molecular weight excluding hydrogens is 312 g/mol. The summed E-state index contributed by atoms with van der Waals surface area (Å²) in [5.41, 5.74) is 6.50. The van der Waals surface area contributed by atoms with Crippen molar-refractivity contribution in [2.45, 2.75) is 32.1 Å². The van der Waals surface area contributed by atoms with Crippen LogP contribution in [0.4, 0.5) is 0 Å². The van der Waals surface area contributed by atoms with E-state index in [1.165, 1.54) is 24.8 Å². The van der Waals surface area contributed by atoms with Gasteiger partial charge in [0.2, 0.25) is 5.91 Å². The molecular formula is C18H27ClN2O2. The minimum atomic E-state index is -0.246. The van der Waals surface area contributed by atoms with Gasteiger partial charge in [0.25, 0.3) is 0 Å². The number of fused-ring (bicyclic) bond motifs is 2. The van der Waals surface area contributed by atoms with Crippen molar-refractivity contribution in [1.29, 1.82) is 0 Å². The van der Waals surface area contributed by atoms with Crippen LogP contribution in [0.25, 0.3) is 0 Å². The maximum Gasteiger partial charge on any atom is 0.226 e. The van der Waals surface area contributed by atoms with Crippen molar-refractivity contribution < 1.29 is 9.53 Å². The molecule has 2 bridgehead atoms. The third-order valence-electron chi connectivity index (χ3n) is 5.51. The lowest BCUT2D eigenvalue weighted by Gasteiger charge is -2.36. The summed E-state index contributed by atoms with van der Waals surface area (Å²) < 4.78 is 5.32. The predicted molar refractivity (Wildman–Crippen MR) is 93.9 cm³/mol. The first-order chi connectivity index (χ1) is 10.7. The van der Waals surface area contributed by atoms with E-state index in [0.717, 1.165) is 24.5 Å². The van der Waals surface area contributed by atoms with Gasteiger partial charge in [-0.15, -0.1) is 12.4 Å². The summed E-state index contributed by atoms with van der Waals surface area (Å²) in [5, 5.41) is 3.05. The van der Waals surface area contributed by atoms with Crippen LogP contribution in [0.3, 0.4) is 0 Å². The first-order valence-electron chi connectivity index (χ1n) is 8.29. The number of carbonyl (C=O) groups is 1. The summed E-state index contributed by atoms with van der Waals surface area (Å²) in [6, 6.07) is 8.12. The van der Waals surface area contributed by atoms with Gasteiger partial charge in [-0.2, -0.15) is 0 Å². The average molecular weight is 339 g/mol. The number of hydrogen-bond acceptors (Lipinski definition) is 3. The zero-order chi connectivity index (χ0) is 15.6. The Labute approximate surface area is 144 Å². The Hall–Kier alpha value is -1.26. The Morgan fingerprint density at radius 2 is 2.26 bits per heavy atom. The fourth-order valence-corrected chi connectivity index (χ4v) is 4.53. The lowest BCUT2D eigenvalue weighted by atomic mass is 9.68. The molecule has 0 heterocycles. The topological polar surface area (TPSA) is 64.3 Å². The molecule has 23 heavy (non-hydrogen) atoms. The zero-order valence-corrected chi connectivity index (χ0v) is 14.5. The Kier molecular flexibility index (Phi) is 5.93. The van der Waals surface area contributed by atoms with E-state index in [2.05, 4.69) is 17.4 Å². The van der Waals surface area contributed by atoms with E-state index >= 15 is 0 Å². The first-order valence-corrected chi connectivity index (χ1v) is 8.29. The minimum absolute atomic E-state index is 0. The number of nitrogens with one attached hydrogen (secondary N) is 1. The number of rotatable bonds is 6. The quantitative estimate of drug-likeness (QED) is 0.837. The maximum atomic E-state index is 12.9. The SMILES string of the molecule is COc1cccc(CC2(C(=O)NCCN)CC3CCC2C3)c1.Cl. The van der Waals surface area contributed by atoms with Crippen LogP contribution in [0.2, 0.25) is 0 Å². The highest BCUT2D eigenvalue weighted by Crippen LogP contribution is 2.57. The molecule has 0 radical (unpaired) electrons. The molecule has 3 atom stereocenters. The standard InChI is InChI=1S/C18H26N2O2.ClH/c1-22-16-4-2-3-13(10-16)11-18(17(21)20-8-7-19)12-14-5-6-15(18)9-14;/h2-4,10,14-15H,5-9,11-12,19H2,1H3,(H,20,21);1H. The highest BCUT2D eigenvalue weighted by atomic mass is 35.5. The summed E-state index contributed by atoms with van der Waals surface area (Å²) in [7, 11) is 1.68. The fourth-order valence-electron chi connectivity index (χ4n) is 4.53. The van der Waals surface area contributed by atoms with Crippen molar-refractivity contribution in [3.8, 4) is 5.75 Å². The van der Waals surface area contributed by atoms with Gasteiger partial charge in [-0.3, -0.25) is 4.79 Å². The van der Waals surface area contributed by atoms with Crippen LogP contribution in [-0.2, 0) is 11.2 Å². The maximum absolute atomic E-state index is 12.9. The molecule has 1 amide bonds. The number of nitrogens with two attached hydrogens (primary N) is 1. The van der Waals surface area contributed by atoms with Gasteiger partial charge in [0.1, 0.15) is 5.75 Å². The average Bonchev–Trinajstić information content (AvgIpc) is 3.14. The molecule has 3 N–H and O–H groups in total. The summed E-state index contributed by atoms with van der Waals surface area (Å²) in [6.45, 7) is 1.06. The molecule has 1 aromatic carbocycles. The summed E-state index contributed by atoms with van der Waals surface area (Å²) in [5.74, 6) is 2.30. The molecule has 3 unspecified atom stereocenters. The third-order valence-corrected chi connectivity index (χ3v) is 5.51. The van der Waals surface area contributed by atoms with Crippen molar-refractivity contribution in [1.82, 2.24) is 5.32 Å². The van der Waals surface area contributed by atoms with Crippen molar-refractivity contribution in [3.05, 3.63) is 29.8 Å². The van der Waals surface area contributed by atoms with Gasteiger partial charge in [0, 0.05) is 13.1 Å². The molecule has 2 fully saturated rings. The van der Waals surface area contributed by atoms with Crippen LogP contribution in [0.5, 0.6) is 5.75 Å². The molecule has 0 saturated heterocycles. The highest BCUT2D eigenvalue weighted by molar-refractivity contribution is 5.85. The second kappa shape index (κ2) is 7.54. The van der Waals surface area contributed by atoms with Crippen molar-refractivity contribution in [2.24, 2.45) is 23.0 Å². The molecule has 2 aliphatic carbocycles. The molecule has 0 aromatic heterocycles. The van der Waals surface area contributed by atoms with E-state index in [4.69, 9.17) is 10.5 Å². The number of methoxy groups -OCH3 is 1. The molecule has 2 aliphatic rings. The van der Waals surface area contributed by atoms with Crippen molar-refractivity contribution >= 4 is 18.3 Å².